The fourth-order valence-corrected chi connectivity index (χ4v) is 2.22. The van der Waals surface area contributed by atoms with Gasteiger partial charge < -0.3 is 0 Å². The topological polar surface area (TPSA) is 36.7 Å². The highest BCUT2D eigenvalue weighted by atomic mass is 79.9. The minimum atomic E-state index is -0.285. The normalized spacial score (nSPS) is 11.0. The lowest BCUT2D eigenvalue weighted by Gasteiger charge is -2.13. The van der Waals surface area contributed by atoms with E-state index < -0.39 is 0 Å². The van der Waals surface area contributed by atoms with E-state index in [4.69, 9.17) is 5.26 Å². The second-order valence-corrected chi connectivity index (χ2v) is 5.59. The highest BCUT2D eigenvalue weighted by Gasteiger charge is 2.16. The van der Waals surface area contributed by atoms with Crippen molar-refractivity contribution in [3.63, 3.8) is 0 Å². The third-order valence-electron chi connectivity index (χ3n) is 1.58. The summed E-state index contributed by atoms with van der Waals surface area (Å²) in [5.41, 5.74) is -0.285. The van der Waals surface area contributed by atoms with Gasteiger partial charge in [0.25, 0.3) is 0 Å². The fraction of sp³-hybridized carbons (Fsp3) is 0.400. The van der Waals surface area contributed by atoms with Crippen LogP contribution in [-0.4, -0.2) is 10.7 Å². The maximum atomic E-state index is 8.84. The van der Waals surface area contributed by atoms with Crippen molar-refractivity contribution in [2.75, 3.05) is 5.75 Å². The summed E-state index contributed by atoms with van der Waals surface area (Å²) in [6, 6.07) is 4.28. The smallest absolute Gasteiger partial charge is 0.0692 e. The van der Waals surface area contributed by atoms with Crippen LogP contribution in [0.25, 0.3) is 0 Å². The Morgan fingerprint density at radius 1 is 1.57 bits per heavy atom. The SMILES string of the molecule is CC(C)(C#N)CSc1cncc(Br)c1. The monoisotopic (exact) mass is 270 g/mol. The Morgan fingerprint density at radius 3 is 2.86 bits per heavy atom. The first-order valence-corrected chi connectivity index (χ1v) is 5.96. The van der Waals surface area contributed by atoms with Gasteiger partial charge in [0.15, 0.2) is 0 Å². The summed E-state index contributed by atoms with van der Waals surface area (Å²) >= 11 is 5.01. The van der Waals surface area contributed by atoms with Crippen LogP contribution in [0.3, 0.4) is 0 Å². The van der Waals surface area contributed by atoms with Crippen LogP contribution >= 0.6 is 27.7 Å². The molecular formula is C10H11BrN2S. The third-order valence-corrected chi connectivity index (χ3v) is 3.44. The van der Waals surface area contributed by atoms with Crippen molar-refractivity contribution in [2.24, 2.45) is 5.41 Å². The number of halogens is 1. The molecule has 0 aliphatic rings. The van der Waals surface area contributed by atoms with Gasteiger partial charge in [0.05, 0.1) is 11.5 Å². The minimum absolute atomic E-state index is 0.285. The molecule has 0 fully saturated rings. The Kier molecular flexibility index (Phi) is 3.97. The van der Waals surface area contributed by atoms with Crippen LogP contribution in [0.15, 0.2) is 27.8 Å². The van der Waals surface area contributed by atoms with Crippen LogP contribution in [0.4, 0.5) is 0 Å². The standard InChI is InChI=1S/C10H11BrN2S/c1-10(2,6-12)7-14-9-3-8(11)4-13-5-9/h3-5H,7H2,1-2H3. The predicted molar refractivity (Wildman–Crippen MR) is 62.1 cm³/mol. The average molecular weight is 271 g/mol. The van der Waals surface area contributed by atoms with Crippen LogP contribution in [-0.2, 0) is 0 Å². The number of thioether (sulfide) groups is 1. The summed E-state index contributed by atoms with van der Waals surface area (Å²) in [5, 5.41) is 8.84. The molecule has 2 nitrogen and oxygen atoms in total. The van der Waals surface area contributed by atoms with Gasteiger partial charge in [0.2, 0.25) is 0 Å². The summed E-state index contributed by atoms with van der Waals surface area (Å²) < 4.78 is 0.970. The Morgan fingerprint density at radius 2 is 2.29 bits per heavy atom. The van der Waals surface area contributed by atoms with E-state index in [1.165, 1.54) is 0 Å². The van der Waals surface area contributed by atoms with Crippen LogP contribution < -0.4 is 0 Å². The molecule has 0 aromatic carbocycles. The van der Waals surface area contributed by atoms with Crippen molar-refractivity contribution in [3.8, 4) is 6.07 Å². The average Bonchev–Trinajstić information content (AvgIpc) is 2.15. The molecule has 0 bridgehead atoms. The number of rotatable bonds is 3. The number of nitrogens with zero attached hydrogens (tertiary/aromatic N) is 2. The Balaban J connectivity index is 2.59. The highest BCUT2D eigenvalue weighted by Crippen LogP contribution is 2.27. The molecule has 0 aliphatic heterocycles. The maximum absolute atomic E-state index is 8.84. The molecule has 1 rings (SSSR count). The number of hydrogen-bond acceptors (Lipinski definition) is 3. The van der Waals surface area contributed by atoms with E-state index >= 15 is 0 Å². The molecule has 0 saturated heterocycles. The van der Waals surface area contributed by atoms with Crippen LogP contribution in [0.1, 0.15) is 13.8 Å². The molecule has 14 heavy (non-hydrogen) atoms. The molecule has 0 N–H and O–H groups in total. The number of nitriles is 1. The maximum Gasteiger partial charge on any atom is 0.0692 e. The predicted octanol–water partition coefficient (Wildman–Crippen LogP) is 3.49. The molecule has 0 saturated carbocycles. The summed E-state index contributed by atoms with van der Waals surface area (Å²) in [5.74, 6) is 0.779. The van der Waals surface area contributed by atoms with Crippen molar-refractivity contribution in [1.29, 1.82) is 5.26 Å². The summed E-state index contributed by atoms with van der Waals surface area (Å²) in [7, 11) is 0. The molecule has 1 aromatic heterocycles. The van der Waals surface area contributed by atoms with E-state index in [-0.39, 0.29) is 5.41 Å². The second kappa shape index (κ2) is 4.81. The lowest BCUT2D eigenvalue weighted by Crippen LogP contribution is -2.10. The lowest BCUT2D eigenvalue weighted by atomic mass is 10.00. The second-order valence-electron chi connectivity index (χ2n) is 3.62. The lowest BCUT2D eigenvalue weighted by molar-refractivity contribution is 0.574. The van der Waals surface area contributed by atoms with Gasteiger partial charge in [-0.15, -0.1) is 11.8 Å². The van der Waals surface area contributed by atoms with Gasteiger partial charge in [-0.1, -0.05) is 0 Å². The van der Waals surface area contributed by atoms with Crippen molar-refractivity contribution < 1.29 is 0 Å². The number of pyridine rings is 1. The summed E-state index contributed by atoms with van der Waals surface area (Å²) in [6.45, 7) is 3.87. The van der Waals surface area contributed by atoms with Crippen molar-refractivity contribution in [2.45, 2.75) is 18.7 Å². The van der Waals surface area contributed by atoms with Gasteiger partial charge in [-0.3, -0.25) is 4.98 Å². The first-order chi connectivity index (χ1) is 6.53. The number of aromatic nitrogens is 1. The zero-order valence-electron chi connectivity index (χ0n) is 8.12. The largest absolute Gasteiger partial charge is 0.262 e. The van der Waals surface area contributed by atoms with E-state index in [1.54, 1.807) is 18.0 Å². The molecule has 0 atom stereocenters. The van der Waals surface area contributed by atoms with Crippen LogP contribution in [0, 0.1) is 16.7 Å². The van der Waals surface area contributed by atoms with E-state index in [1.807, 2.05) is 26.1 Å². The van der Waals surface area contributed by atoms with E-state index in [0.717, 1.165) is 15.1 Å². The Labute approximate surface area is 96.9 Å². The van der Waals surface area contributed by atoms with Crippen molar-refractivity contribution >= 4 is 27.7 Å². The van der Waals surface area contributed by atoms with E-state index in [9.17, 15) is 0 Å². The fourth-order valence-electron chi connectivity index (χ4n) is 0.767. The first kappa shape index (κ1) is 11.5. The van der Waals surface area contributed by atoms with Crippen molar-refractivity contribution in [3.05, 3.63) is 22.9 Å². The molecule has 0 aliphatic carbocycles. The van der Waals surface area contributed by atoms with Gasteiger partial charge >= 0.3 is 0 Å². The zero-order valence-corrected chi connectivity index (χ0v) is 10.5. The zero-order chi connectivity index (χ0) is 10.6. The van der Waals surface area contributed by atoms with Crippen molar-refractivity contribution in [1.82, 2.24) is 4.98 Å². The summed E-state index contributed by atoms with van der Waals surface area (Å²) in [6.07, 6.45) is 3.56. The summed E-state index contributed by atoms with van der Waals surface area (Å²) in [4.78, 5) is 5.15. The minimum Gasteiger partial charge on any atom is -0.262 e. The van der Waals surface area contributed by atoms with Crippen LogP contribution in [0.2, 0.25) is 0 Å². The molecule has 1 aromatic rings. The van der Waals surface area contributed by atoms with Crippen LogP contribution in [0.5, 0.6) is 0 Å². The molecule has 74 valence electrons. The molecular weight excluding hydrogens is 260 g/mol. The first-order valence-electron chi connectivity index (χ1n) is 4.18. The van der Waals surface area contributed by atoms with Gasteiger partial charge in [0, 0.05) is 27.5 Å². The van der Waals surface area contributed by atoms with Gasteiger partial charge in [-0.05, 0) is 35.8 Å². The van der Waals surface area contributed by atoms with Gasteiger partial charge in [-0.2, -0.15) is 5.26 Å². The highest BCUT2D eigenvalue weighted by molar-refractivity contribution is 9.10. The third kappa shape index (κ3) is 3.69. The van der Waals surface area contributed by atoms with Gasteiger partial charge in [-0.25, -0.2) is 0 Å². The van der Waals surface area contributed by atoms with E-state index in [2.05, 4.69) is 27.0 Å². The van der Waals surface area contributed by atoms with Gasteiger partial charge in [0.1, 0.15) is 0 Å². The quantitative estimate of drug-likeness (QED) is 0.790. The Hall–Kier alpha value is -0.530. The molecule has 4 heteroatoms. The molecule has 0 radical (unpaired) electrons. The molecule has 0 spiro atoms. The number of hydrogen-bond donors (Lipinski definition) is 0. The molecule has 0 unspecified atom stereocenters. The Bertz CT molecular complexity index is 357. The van der Waals surface area contributed by atoms with E-state index in [0.29, 0.717) is 0 Å². The molecule has 0 amide bonds. The molecule has 1 heterocycles.